The minimum atomic E-state index is -0.870. The number of rotatable bonds is 5. The molecule has 142 valence electrons. The number of thiophene rings is 1. The maximum absolute atomic E-state index is 12.3. The fraction of sp³-hybridized carbons (Fsp3) is 0.316. The first-order valence-corrected chi connectivity index (χ1v) is 9.82. The second kappa shape index (κ2) is 8.49. The van der Waals surface area contributed by atoms with Gasteiger partial charge >= 0.3 is 11.9 Å². The number of fused-ring (bicyclic) bond motifs is 1. The van der Waals surface area contributed by atoms with Gasteiger partial charge in [-0.3, -0.25) is 4.79 Å². The smallest absolute Gasteiger partial charge is 0.341 e. The fourth-order valence-electron chi connectivity index (χ4n) is 3.12. The number of hydrogen-bond donors (Lipinski definition) is 3. The molecule has 1 aliphatic carbocycles. The van der Waals surface area contributed by atoms with Crippen molar-refractivity contribution in [3.8, 4) is 0 Å². The highest BCUT2D eigenvalue weighted by Crippen LogP contribution is 2.38. The number of aryl methyl sites for hydroxylation is 1. The van der Waals surface area contributed by atoms with Crippen molar-refractivity contribution < 1.29 is 19.4 Å². The van der Waals surface area contributed by atoms with E-state index in [-0.39, 0.29) is 12.4 Å². The van der Waals surface area contributed by atoms with Crippen LogP contribution in [-0.4, -0.2) is 29.3 Å². The van der Waals surface area contributed by atoms with Crippen molar-refractivity contribution in [2.75, 3.05) is 17.7 Å². The van der Waals surface area contributed by atoms with Gasteiger partial charge in [0.05, 0.1) is 19.1 Å². The molecule has 0 aliphatic heterocycles. The minimum absolute atomic E-state index is 0.0216. The van der Waals surface area contributed by atoms with Gasteiger partial charge in [-0.15, -0.1) is 11.3 Å². The summed E-state index contributed by atoms with van der Waals surface area (Å²) in [5, 5.41) is 16.1. The number of hydrogen-bond acceptors (Lipinski definition) is 5. The van der Waals surface area contributed by atoms with Gasteiger partial charge in [-0.2, -0.15) is 0 Å². The van der Waals surface area contributed by atoms with E-state index in [2.05, 4.69) is 10.6 Å². The molecule has 3 rings (SSSR count). The van der Waals surface area contributed by atoms with Gasteiger partial charge in [-0.25, -0.2) is 4.79 Å². The van der Waals surface area contributed by atoms with Crippen LogP contribution >= 0.6 is 23.6 Å². The van der Waals surface area contributed by atoms with Crippen molar-refractivity contribution in [3.63, 3.8) is 0 Å². The van der Waals surface area contributed by atoms with Crippen molar-refractivity contribution in [1.82, 2.24) is 0 Å². The van der Waals surface area contributed by atoms with Gasteiger partial charge < -0.3 is 20.5 Å². The Labute approximate surface area is 166 Å². The molecule has 0 bridgehead atoms. The summed E-state index contributed by atoms with van der Waals surface area (Å²) in [5.41, 5.74) is 3.10. The molecule has 6 nitrogen and oxygen atoms in total. The van der Waals surface area contributed by atoms with E-state index in [1.807, 2.05) is 0 Å². The van der Waals surface area contributed by atoms with E-state index in [1.165, 1.54) is 12.0 Å². The van der Waals surface area contributed by atoms with Crippen LogP contribution in [0.15, 0.2) is 24.3 Å². The summed E-state index contributed by atoms with van der Waals surface area (Å²) in [6.45, 7) is 0. The lowest BCUT2D eigenvalue weighted by Crippen LogP contribution is -2.20. The molecule has 0 unspecified atom stereocenters. The number of thiocarbonyl (C=S) groups is 1. The van der Waals surface area contributed by atoms with Crippen LogP contribution in [0, 0.1) is 0 Å². The van der Waals surface area contributed by atoms with Gasteiger partial charge in [0.1, 0.15) is 5.00 Å². The highest BCUT2D eigenvalue weighted by Gasteiger charge is 2.26. The fourth-order valence-corrected chi connectivity index (χ4v) is 4.68. The number of nitrogens with one attached hydrogen (secondary N) is 2. The highest BCUT2D eigenvalue weighted by atomic mass is 32.1. The third-order valence-corrected chi connectivity index (χ3v) is 5.77. The molecule has 1 aromatic heterocycles. The number of ether oxygens (including phenoxy) is 1. The summed E-state index contributed by atoms with van der Waals surface area (Å²) in [6.07, 6.45) is 4.02. The van der Waals surface area contributed by atoms with Crippen LogP contribution in [0.2, 0.25) is 0 Å². The number of carboxylic acid groups (broad SMARTS) is 1. The number of carboxylic acids is 1. The number of esters is 1. The molecule has 0 spiro atoms. The van der Waals surface area contributed by atoms with Gasteiger partial charge in [0.25, 0.3) is 0 Å². The molecule has 3 N–H and O–H groups in total. The van der Waals surface area contributed by atoms with Crippen LogP contribution < -0.4 is 10.6 Å². The Morgan fingerprint density at radius 2 is 1.89 bits per heavy atom. The van der Waals surface area contributed by atoms with Gasteiger partial charge in [0, 0.05) is 10.6 Å². The Kier molecular flexibility index (Phi) is 6.08. The standard InChI is InChI=1S/C19H20N2O4S2/c1-25-18(24)16-13-4-2-3-5-14(13)27-17(16)21-19(26)20-12-8-6-11(7-9-12)10-15(22)23/h6-9H,2-5,10H2,1H3,(H,22,23)(H2,20,21,26). The summed E-state index contributed by atoms with van der Waals surface area (Å²) in [7, 11) is 1.38. The molecule has 2 aromatic rings. The van der Waals surface area contributed by atoms with Crippen LogP contribution in [-0.2, 0) is 28.8 Å². The van der Waals surface area contributed by atoms with Gasteiger partial charge in [0.2, 0.25) is 0 Å². The lowest BCUT2D eigenvalue weighted by molar-refractivity contribution is -0.136. The van der Waals surface area contributed by atoms with Crippen molar-refractivity contribution in [2.45, 2.75) is 32.1 Å². The molecule has 0 saturated carbocycles. The molecule has 0 radical (unpaired) electrons. The average Bonchev–Trinajstić information content (AvgIpc) is 3.00. The Bertz CT molecular complexity index is 875. The van der Waals surface area contributed by atoms with E-state index < -0.39 is 5.97 Å². The largest absolute Gasteiger partial charge is 0.481 e. The summed E-state index contributed by atoms with van der Waals surface area (Å²) >= 11 is 6.93. The molecule has 0 amide bonds. The maximum atomic E-state index is 12.3. The van der Waals surface area contributed by atoms with Crippen molar-refractivity contribution in [3.05, 3.63) is 45.8 Å². The summed E-state index contributed by atoms with van der Waals surface area (Å²) in [5.74, 6) is -1.22. The first kappa shape index (κ1) is 19.3. The summed E-state index contributed by atoms with van der Waals surface area (Å²) < 4.78 is 4.96. The zero-order valence-electron chi connectivity index (χ0n) is 14.8. The second-order valence-electron chi connectivity index (χ2n) is 6.25. The predicted octanol–water partition coefficient (Wildman–Crippen LogP) is 3.85. The molecular formula is C19H20N2O4S2. The number of carbonyl (C=O) groups is 2. The van der Waals surface area contributed by atoms with Gasteiger partial charge in [-0.1, -0.05) is 12.1 Å². The van der Waals surface area contributed by atoms with E-state index in [1.54, 1.807) is 35.6 Å². The van der Waals surface area contributed by atoms with Crippen molar-refractivity contribution in [2.24, 2.45) is 0 Å². The lowest BCUT2D eigenvalue weighted by atomic mass is 9.95. The van der Waals surface area contributed by atoms with Crippen LogP contribution in [0.1, 0.15) is 39.2 Å². The highest BCUT2D eigenvalue weighted by molar-refractivity contribution is 7.80. The SMILES string of the molecule is COC(=O)c1c(NC(=S)Nc2ccc(CC(=O)O)cc2)sc2c1CCCC2. The van der Waals surface area contributed by atoms with E-state index in [0.717, 1.165) is 36.9 Å². The molecule has 0 fully saturated rings. The topological polar surface area (TPSA) is 87.7 Å². The monoisotopic (exact) mass is 404 g/mol. The van der Waals surface area contributed by atoms with Crippen molar-refractivity contribution in [1.29, 1.82) is 0 Å². The first-order valence-electron chi connectivity index (χ1n) is 8.59. The Balaban J connectivity index is 1.73. The van der Waals surface area contributed by atoms with Crippen molar-refractivity contribution >= 4 is 51.3 Å². The zero-order chi connectivity index (χ0) is 19.4. The Morgan fingerprint density at radius 3 is 2.56 bits per heavy atom. The number of carbonyl (C=O) groups excluding carboxylic acids is 1. The number of aliphatic carboxylic acids is 1. The summed E-state index contributed by atoms with van der Waals surface area (Å²) in [6, 6.07) is 7.02. The molecular weight excluding hydrogens is 384 g/mol. The van der Waals surface area contributed by atoms with Crippen LogP contribution in [0.25, 0.3) is 0 Å². The van der Waals surface area contributed by atoms with E-state index >= 15 is 0 Å². The molecule has 8 heteroatoms. The minimum Gasteiger partial charge on any atom is -0.481 e. The Hall–Kier alpha value is -2.45. The van der Waals surface area contributed by atoms with Gasteiger partial charge in [0.15, 0.2) is 5.11 Å². The maximum Gasteiger partial charge on any atom is 0.341 e. The number of benzene rings is 1. The zero-order valence-corrected chi connectivity index (χ0v) is 16.5. The van der Waals surface area contributed by atoms with E-state index in [4.69, 9.17) is 22.1 Å². The third-order valence-electron chi connectivity index (χ3n) is 4.36. The lowest BCUT2D eigenvalue weighted by Gasteiger charge is -2.12. The quantitative estimate of drug-likeness (QED) is 0.515. The number of methoxy groups -OCH3 is 1. The Morgan fingerprint density at radius 1 is 1.19 bits per heavy atom. The molecule has 27 heavy (non-hydrogen) atoms. The van der Waals surface area contributed by atoms with Crippen LogP contribution in [0.5, 0.6) is 0 Å². The van der Waals surface area contributed by atoms with E-state index in [0.29, 0.717) is 21.2 Å². The molecule has 0 saturated heterocycles. The predicted molar refractivity (Wildman–Crippen MR) is 110 cm³/mol. The molecule has 1 aromatic carbocycles. The van der Waals surface area contributed by atoms with E-state index in [9.17, 15) is 9.59 Å². The molecule has 0 atom stereocenters. The summed E-state index contributed by atoms with van der Waals surface area (Å²) in [4.78, 5) is 24.2. The first-order chi connectivity index (χ1) is 13.0. The van der Waals surface area contributed by atoms with Crippen LogP contribution in [0.4, 0.5) is 10.7 Å². The molecule has 1 aliphatic rings. The average molecular weight is 405 g/mol. The normalized spacial score (nSPS) is 12.8. The van der Waals surface area contributed by atoms with Gasteiger partial charge in [-0.05, 0) is 61.2 Å². The van der Waals surface area contributed by atoms with Crippen LogP contribution in [0.3, 0.4) is 0 Å². The second-order valence-corrected chi connectivity index (χ2v) is 7.77. The third kappa shape index (κ3) is 4.64. The molecule has 1 heterocycles. The number of anilines is 2.